The quantitative estimate of drug-likeness (QED) is 0.377. The number of hydrogen-bond acceptors (Lipinski definition) is 5. The Labute approximate surface area is 179 Å². The SMILES string of the molecule is O=C(CSc1nn(-c2ccc(Cl)c(Cl)c2)c(=S)s1)N1CCc2ccccc21. The van der Waals surface area contributed by atoms with Crippen molar-refractivity contribution in [1.82, 2.24) is 9.78 Å². The molecule has 138 valence electrons. The van der Waals surface area contributed by atoms with Gasteiger partial charge in [0.05, 0.1) is 21.5 Å². The van der Waals surface area contributed by atoms with E-state index in [1.54, 1.807) is 16.8 Å². The molecule has 0 saturated carbocycles. The van der Waals surface area contributed by atoms with E-state index in [0.717, 1.165) is 28.7 Å². The Morgan fingerprint density at radius 3 is 2.85 bits per heavy atom. The summed E-state index contributed by atoms with van der Waals surface area (Å²) >= 11 is 20.2. The van der Waals surface area contributed by atoms with E-state index < -0.39 is 0 Å². The number of hydrogen-bond donors (Lipinski definition) is 0. The Balaban J connectivity index is 1.47. The number of halogens is 2. The predicted molar refractivity (Wildman–Crippen MR) is 116 cm³/mol. The van der Waals surface area contributed by atoms with Gasteiger partial charge in [0.15, 0.2) is 8.29 Å². The van der Waals surface area contributed by atoms with E-state index in [1.807, 2.05) is 29.2 Å². The lowest BCUT2D eigenvalue weighted by molar-refractivity contribution is -0.116. The van der Waals surface area contributed by atoms with Gasteiger partial charge in [-0.15, -0.1) is 5.10 Å². The zero-order valence-electron chi connectivity index (χ0n) is 13.9. The average molecular weight is 454 g/mol. The highest BCUT2D eigenvalue weighted by Gasteiger charge is 2.24. The van der Waals surface area contributed by atoms with Gasteiger partial charge in [-0.25, -0.2) is 4.68 Å². The molecule has 4 rings (SSSR count). The van der Waals surface area contributed by atoms with Crippen LogP contribution in [0.4, 0.5) is 5.69 Å². The molecule has 0 radical (unpaired) electrons. The number of carbonyl (C=O) groups is 1. The molecule has 4 nitrogen and oxygen atoms in total. The summed E-state index contributed by atoms with van der Waals surface area (Å²) in [6.07, 6.45) is 0.900. The van der Waals surface area contributed by atoms with Crippen LogP contribution in [-0.2, 0) is 11.2 Å². The van der Waals surface area contributed by atoms with Gasteiger partial charge in [-0.3, -0.25) is 4.79 Å². The summed E-state index contributed by atoms with van der Waals surface area (Å²) in [5.41, 5.74) is 2.98. The molecule has 0 spiro atoms. The molecule has 0 aliphatic carbocycles. The van der Waals surface area contributed by atoms with Crippen molar-refractivity contribution in [2.75, 3.05) is 17.2 Å². The third kappa shape index (κ3) is 3.93. The largest absolute Gasteiger partial charge is 0.311 e. The van der Waals surface area contributed by atoms with E-state index in [9.17, 15) is 4.79 Å². The molecule has 0 atom stereocenters. The van der Waals surface area contributed by atoms with Gasteiger partial charge in [-0.1, -0.05) is 64.5 Å². The molecule has 2 heterocycles. The molecular formula is C18H13Cl2N3OS3. The molecule has 1 aromatic heterocycles. The second-order valence-electron chi connectivity index (χ2n) is 5.86. The molecule has 0 fully saturated rings. The van der Waals surface area contributed by atoms with Gasteiger partial charge in [0.2, 0.25) is 5.91 Å². The first-order valence-corrected chi connectivity index (χ1v) is 11.1. The number of amides is 1. The van der Waals surface area contributed by atoms with Crippen molar-refractivity contribution in [3.8, 4) is 5.69 Å². The Hall–Kier alpha value is -1.38. The van der Waals surface area contributed by atoms with Gasteiger partial charge in [0.25, 0.3) is 0 Å². The summed E-state index contributed by atoms with van der Waals surface area (Å²) in [5.74, 6) is 0.394. The van der Waals surface area contributed by atoms with Crippen LogP contribution in [0.25, 0.3) is 5.69 Å². The van der Waals surface area contributed by atoms with Crippen LogP contribution in [0.2, 0.25) is 10.0 Å². The monoisotopic (exact) mass is 453 g/mol. The number of carbonyl (C=O) groups excluding carboxylic acids is 1. The van der Waals surface area contributed by atoms with E-state index in [0.29, 0.717) is 19.8 Å². The third-order valence-corrected chi connectivity index (χ3v) is 7.27. The highest BCUT2D eigenvalue weighted by atomic mass is 35.5. The number of benzene rings is 2. The van der Waals surface area contributed by atoms with Gasteiger partial charge in [0.1, 0.15) is 0 Å². The molecule has 0 saturated heterocycles. The lowest BCUT2D eigenvalue weighted by atomic mass is 10.2. The summed E-state index contributed by atoms with van der Waals surface area (Å²) in [6.45, 7) is 0.728. The maximum absolute atomic E-state index is 12.6. The van der Waals surface area contributed by atoms with E-state index >= 15 is 0 Å². The number of rotatable bonds is 4. The zero-order chi connectivity index (χ0) is 19.0. The lowest BCUT2D eigenvalue weighted by Crippen LogP contribution is -2.30. The third-order valence-electron chi connectivity index (χ3n) is 4.18. The number of para-hydroxylation sites is 1. The van der Waals surface area contributed by atoms with Crippen molar-refractivity contribution >= 4 is 70.1 Å². The Kier molecular flexibility index (Phi) is 5.57. The van der Waals surface area contributed by atoms with Gasteiger partial charge < -0.3 is 4.90 Å². The molecule has 0 N–H and O–H groups in total. The standard InChI is InChI=1S/C18H13Cl2N3OS3/c19-13-6-5-12(9-14(13)20)23-18(25)27-17(21-23)26-10-16(24)22-8-7-11-3-1-2-4-15(11)22/h1-6,9H,7-8,10H2. The molecule has 0 bridgehead atoms. The van der Waals surface area contributed by atoms with Gasteiger partial charge >= 0.3 is 0 Å². The van der Waals surface area contributed by atoms with Crippen molar-refractivity contribution in [3.05, 3.63) is 62.0 Å². The minimum absolute atomic E-state index is 0.0761. The van der Waals surface area contributed by atoms with Crippen molar-refractivity contribution in [3.63, 3.8) is 0 Å². The fraction of sp³-hybridized carbons (Fsp3) is 0.167. The normalized spacial score (nSPS) is 13.0. The maximum Gasteiger partial charge on any atom is 0.237 e. The zero-order valence-corrected chi connectivity index (χ0v) is 17.9. The van der Waals surface area contributed by atoms with Crippen LogP contribution < -0.4 is 4.90 Å². The Morgan fingerprint density at radius 1 is 1.22 bits per heavy atom. The summed E-state index contributed by atoms with van der Waals surface area (Å²) in [5, 5.41) is 5.44. The lowest BCUT2D eigenvalue weighted by Gasteiger charge is -2.16. The van der Waals surface area contributed by atoms with E-state index in [4.69, 9.17) is 35.4 Å². The molecule has 1 amide bonds. The van der Waals surface area contributed by atoms with Crippen LogP contribution in [0.5, 0.6) is 0 Å². The van der Waals surface area contributed by atoms with Crippen LogP contribution in [0.15, 0.2) is 46.8 Å². The minimum atomic E-state index is 0.0761. The molecule has 27 heavy (non-hydrogen) atoms. The number of anilines is 1. The van der Waals surface area contributed by atoms with E-state index in [1.165, 1.54) is 28.7 Å². The first-order valence-electron chi connectivity index (χ1n) is 8.09. The van der Waals surface area contributed by atoms with Crippen molar-refractivity contribution in [2.24, 2.45) is 0 Å². The minimum Gasteiger partial charge on any atom is -0.311 e. The fourth-order valence-corrected chi connectivity index (χ4v) is 5.43. The molecule has 3 aromatic rings. The van der Waals surface area contributed by atoms with Crippen molar-refractivity contribution in [2.45, 2.75) is 10.8 Å². The molecule has 9 heteroatoms. The van der Waals surface area contributed by atoms with Crippen molar-refractivity contribution < 1.29 is 4.79 Å². The maximum atomic E-state index is 12.6. The van der Waals surface area contributed by atoms with Crippen molar-refractivity contribution in [1.29, 1.82) is 0 Å². The fourth-order valence-electron chi connectivity index (χ4n) is 2.90. The summed E-state index contributed by atoms with van der Waals surface area (Å²) in [6, 6.07) is 13.3. The predicted octanol–water partition coefficient (Wildman–Crippen LogP) is 5.65. The average Bonchev–Trinajstić information content (AvgIpc) is 3.25. The summed E-state index contributed by atoms with van der Waals surface area (Å²) < 4.78 is 2.97. The molecule has 1 aliphatic rings. The topological polar surface area (TPSA) is 38.1 Å². The molecule has 0 unspecified atom stereocenters. The first-order chi connectivity index (χ1) is 13.0. The van der Waals surface area contributed by atoms with Crippen LogP contribution in [0.3, 0.4) is 0 Å². The van der Waals surface area contributed by atoms with E-state index in [-0.39, 0.29) is 5.91 Å². The smallest absolute Gasteiger partial charge is 0.237 e. The van der Waals surface area contributed by atoms with Gasteiger partial charge in [-0.05, 0) is 48.5 Å². The highest BCUT2D eigenvalue weighted by Crippen LogP contribution is 2.30. The number of fused-ring (bicyclic) bond motifs is 1. The molecule has 1 aliphatic heterocycles. The number of nitrogens with zero attached hydrogens (tertiary/aromatic N) is 3. The Bertz CT molecular complexity index is 1080. The first kappa shape index (κ1) is 19.0. The van der Waals surface area contributed by atoms with E-state index in [2.05, 4.69) is 11.2 Å². The molecular weight excluding hydrogens is 441 g/mol. The second-order valence-corrected chi connectivity index (χ2v) is 9.52. The highest BCUT2D eigenvalue weighted by molar-refractivity contribution is 8.01. The number of thioether (sulfide) groups is 1. The van der Waals surface area contributed by atoms with Crippen LogP contribution in [0, 0.1) is 3.95 Å². The van der Waals surface area contributed by atoms with Crippen LogP contribution in [0.1, 0.15) is 5.56 Å². The van der Waals surface area contributed by atoms with Crippen LogP contribution in [-0.4, -0.2) is 28.0 Å². The van der Waals surface area contributed by atoms with Gasteiger partial charge in [0, 0.05) is 12.2 Å². The number of aromatic nitrogens is 2. The Morgan fingerprint density at radius 2 is 2.04 bits per heavy atom. The molecule has 2 aromatic carbocycles. The summed E-state index contributed by atoms with van der Waals surface area (Å²) in [4.78, 5) is 14.5. The second kappa shape index (κ2) is 7.93. The summed E-state index contributed by atoms with van der Waals surface area (Å²) in [7, 11) is 0. The van der Waals surface area contributed by atoms with Crippen LogP contribution >= 0.6 is 58.5 Å². The van der Waals surface area contributed by atoms with Gasteiger partial charge in [-0.2, -0.15) is 0 Å².